The number of nitrogens with one attached hydrogen (secondary N) is 1. The summed E-state index contributed by atoms with van der Waals surface area (Å²) in [5, 5.41) is 10.8. The average molecular weight is 350 g/mol. The van der Waals surface area contributed by atoms with Gasteiger partial charge >= 0.3 is 0 Å². The molecule has 0 radical (unpaired) electrons. The molecule has 1 unspecified atom stereocenters. The maximum absolute atomic E-state index is 12.8. The van der Waals surface area contributed by atoms with Gasteiger partial charge in [-0.05, 0) is 29.8 Å². The minimum Gasteiger partial charge on any atom is -0.439 e. The van der Waals surface area contributed by atoms with E-state index in [2.05, 4.69) is 11.1 Å². The molecule has 3 N–H and O–H groups in total. The standard InChI is InChI=1S/C19H12ClN3O2/c20-11-5-3-4-10(8-11)15-13(9-21)18(22)25-17-12-6-1-2-7-14(12)23-19(24)16(15)17/h1-8,15H,22H2,(H,23,24). The topological polar surface area (TPSA) is 91.9 Å². The first-order valence-corrected chi connectivity index (χ1v) is 7.96. The molecule has 25 heavy (non-hydrogen) atoms. The number of nitrogens with two attached hydrogens (primary N) is 1. The van der Waals surface area contributed by atoms with Gasteiger partial charge in [-0.2, -0.15) is 5.26 Å². The SMILES string of the molecule is N#CC1=C(N)Oc2c(c(=O)[nH]c3ccccc23)C1c1cccc(Cl)c1. The maximum atomic E-state index is 12.8. The highest BCUT2D eigenvalue weighted by Gasteiger charge is 2.34. The molecule has 3 aromatic rings. The Kier molecular flexibility index (Phi) is 3.48. The quantitative estimate of drug-likeness (QED) is 0.704. The second-order valence-electron chi connectivity index (χ2n) is 5.72. The molecule has 0 fully saturated rings. The molecule has 2 heterocycles. The second-order valence-corrected chi connectivity index (χ2v) is 6.16. The molecule has 0 saturated carbocycles. The van der Waals surface area contributed by atoms with Crippen LogP contribution in [0.15, 0.2) is 64.8 Å². The molecule has 4 rings (SSSR count). The summed E-state index contributed by atoms with van der Waals surface area (Å²) >= 11 is 6.11. The van der Waals surface area contributed by atoms with Crippen molar-refractivity contribution in [2.75, 3.05) is 0 Å². The Morgan fingerprint density at radius 2 is 2.00 bits per heavy atom. The molecule has 0 amide bonds. The van der Waals surface area contributed by atoms with Crippen LogP contribution in [0, 0.1) is 11.3 Å². The normalized spacial score (nSPS) is 16.2. The number of nitrogens with zero attached hydrogens (tertiary/aromatic N) is 1. The summed E-state index contributed by atoms with van der Waals surface area (Å²) in [5.41, 5.74) is 7.57. The van der Waals surface area contributed by atoms with Crippen LogP contribution in [0.2, 0.25) is 5.02 Å². The largest absolute Gasteiger partial charge is 0.439 e. The number of benzene rings is 2. The lowest BCUT2D eigenvalue weighted by molar-refractivity contribution is 0.397. The van der Waals surface area contributed by atoms with Gasteiger partial charge in [0.2, 0.25) is 5.88 Å². The van der Waals surface area contributed by atoms with Crippen molar-refractivity contribution < 1.29 is 4.74 Å². The molecular formula is C19H12ClN3O2. The van der Waals surface area contributed by atoms with Crippen LogP contribution in [-0.4, -0.2) is 4.98 Å². The Morgan fingerprint density at radius 3 is 2.76 bits per heavy atom. The lowest BCUT2D eigenvalue weighted by Gasteiger charge is -2.26. The van der Waals surface area contributed by atoms with Crippen molar-refractivity contribution in [2.24, 2.45) is 5.73 Å². The lowest BCUT2D eigenvalue weighted by Crippen LogP contribution is -2.27. The monoisotopic (exact) mass is 349 g/mol. The number of nitriles is 1. The third kappa shape index (κ3) is 2.35. The number of para-hydroxylation sites is 1. The van der Waals surface area contributed by atoms with Gasteiger partial charge in [0.25, 0.3) is 5.56 Å². The Balaban J connectivity index is 2.10. The van der Waals surface area contributed by atoms with E-state index in [1.165, 1.54) is 0 Å². The molecule has 122 valence electrons. The first-order valence-electron chi connectivity index (χ1n) is 7.58. The second kappa shape index (κ2) is 5.69. The number of aromatic nitrogens is 1. The van der Waals surface area contributed by atoms with E-state index < -0.39 is 5.92 Å². The van der Waals surface area contributed by atoms with Gasteiger partial charge < -0.3 is 15.5 Å². The van der Waals surface area contributed by atoms with Gasteiger partial charge in [0.1, 0.15) is 17.4 Å². The number of aromatic amines is 1. The molecule has 6 heteroatoms. The van der Waals surface area contributed by atoms with E-state index in [4.69, 9.17) is 22.1 Å². The van der Waals surface area contributed by atoms with Crippen molar-refractivity contribution >= 4 is 22.5 Å². The van der Waals surface area contributed by atoms with E-state index in [9.17, 15) is 10.1 Å². The van der Waals surface area contributed by atoms with E-state index in [1.54, 1.807) is 24.3 Å². The van der Waals surface area contributed by atoms with Gasteiger partial charge in [0.15, 0.2) is 0 Å². The zero-order chi connectivity index (χ0) is 17.6. The van der Waals surface area contributed by atoms with Gasteiger partial charge in [0, 0.05) is 10.4 Å². The molecule has 0 saturated heterocycles. The molecular weight excluding hydrogens is 338 g/mol. The Labute approximate surface area is 147 Å². The molecule has 1 atom stereocenters. The lowest BCUT2D eigenvalue weighted by atomic mass is 9.83. The van der Waals surface area contributed by atoms with Gasteiger partial charge in [-0.25, -0.2) is 0 Å². The predicted molar refractivity (Wildman–Crippen MR) is 95.3 cm³/mol. The summed E-state index contributed by atoms with van der Waals surface area (Å²) in [6.07, 6.45) is 0. The van der Waals surface area contributed by atoms with Crippen molar-refractivity contribution in [2.45, 2.75) is 5.92 Å². The first kappa shape index (κ1) is 15.3. The van der Waals surface area contributed by atoms with Gasteiger partial charge in [-0.1, -0.05) is 35.9 Å². The summed E-state index contributed by atoms with van der Waals surface area (Å²) in [5.74, 6) is -0.266. The number of pyridine rings is 1. The van der Waals surface area contributed by atoms with Crippen molar-refractivity contribution in [3.8, 4) is 11.8 Å². The van der Waals surface area contributed by atoms with Crippen molar-refractivity contribution in [1.82, 2.24) is 4.98 Å². The fraction of sp³-hybridized carbons (Fsp3) is 0.0526. The number of allylic oxidation sites excluding steroid dienone is 1. The van der Waals surface area contributed by atoms with E-state index in [0.29, 0.717) is 27.4 Å². The van der Waals surface area contributed by atoms with Crippen LogP contribution in [0.5, 0.6) is 5.75 Å². The highest BCUT2D eigenvalue weighted by Crippen LogP contribution is 2.43. The summed E-state index contributed by atoms with van der Waals surface area (Å²) < 4.78 is 5.69. The van der Waals surface area contributed by atoms with Gasteiger partial charge in [0.05, 0.1) is 17.0 Å². The summed E-state index contributed by atoms with van der Waals surface area (Å²) in [6.45, 7) is 0. The summed E-state index contributed by atoms with van der Waals surface area (Å²) in [7, 11) is 0. The van der Waals surface area contributed by atoms with Crippen LogP contribution in [0.1, 0.15) is 17.0 Å². The molecule has 0 spiro atoms. The van der Waals surface area contributed by atoms with Crippen LogP contribution < -0.4 is 16.0 Å². The van der Waals surface area contributed by atoms with Crippen LogP contribution in [0.4, 0.5) is 0 Å². The number of halogens is 1. The Hall–Kier alpha value is -3.23. The van der Waals surface area contributed by atoms with E-state index in [1.807, 2.05) is 24.3 Å². The highest BCUT2D eigenvalue weighted by atomic mass is 35.5. The number of ether oxygens (including phenoxy) is 1. The minimum absolute atomic E-state index is 0.00396. The highest BCUT2D eigenvalue weighted by molar-refractivity contribution is 6.30. The van der Waals surface area contributed by atoms with Crippen LogP contribution in [0.25, 0.3) is 10.9 Å². The van der Waals surface area contributed by atoms with Crippen LogP contribution >= 0.6 is 11.6 Å². The molecule has 1 aliphatic rings. The van der Waals surface area contributed by atoms with Crippen LogP contribution in [-0.2, 0) is 0 Å². The molecule has 0 aliphatic carbocycles. The first-order chi connectivity index (χ1) is 12.1. The fourth-order valence-electron chi connectivity index (χ4n) is 3.19. The predicted octanol–water partition coefficient (Wildman–Crippen LogP) is 3.40. The number of rotatable bonds is 1. The summed E-state index contributed by atoms with van der Waals surface area (Å²) in [6, 6.07) is 16.4. The van der Waals surface area contributed by atoms with Crippen molar-refractivity contribution in [3.63, 3.8) is 0 Å². The molecule has 1 aliphatic heterocycles. The third-order valence-corrected chi connectivity index (χ3v) is 4.50. The number of hydrogen-bond donors (Lipinski definition) is 2. The maximum Gasteiger partial charge on any atom is 0.256 e. The number of H-pyrrole nitrogens is 1. The Morgan fingerprint density at radius 1 is 1.20 bits per heavy atom. The zero-order valence-corrected chi connectivity index (χ0v) is 13.7. The molecule has 0 bridgehead atoms. The van der Waals surface area contributed by atoms with E-state index in [0.717, 1.165) is 5.39 Å². The average Bonchev–Trinajstić information content (AvgIpc) is 2.60. The summed E-state index contributed by atoms with van der Waals surface area (Å²) in [4.78, 5) is 15.6. The zero-order valence-electron chi connectivity index (χ0n) is 12.9. The number of fused-ring (bicyclic) bond motifs is 3. The minimum atomic E-state index is -0.638. The van der Waals surface area contributed by atoms with E-state index >= 15 is 0 Å². The third-order valence-electron chi connectivity index (χ3n) is 4.27. The van der Waals surface area contributed by atoms with Gasteiger partial charge in [-0.3, -0.25) is 4.79 Å². The molecule has 5 nitrogen and oxygen atoms in total. The fourth-order valence-corrected chi connectivity index (χ4v) is 3.39. The smallest absolute Gasteiger partial charge is 0.256 e. The van der Waals surface area contributed by atoms with Crippen molar-refractivity contribution in [1.29, 1.82) is 5.26 Å². The van der Waals surface area contributed by atoms with E-state index in [-0.39, 0.29) is 17.0 Å². The Bertz CT molecular complexity index is 1140. The van der Waals surface area contributed by atoms with Crippen molar-refractivity contribution in [3.05, 3.63) is 86.5 Å². The molecule has 2 aromatic carbocycles. The van der Waals surface area contributed by atoms with Crippen LogP contribution in [0.3, 0.4) is 0 Å². The van der Waals surface area contributed by atoms with Gasteiger partial charge in [-0.15, -0.1) is 0 Å². The number of hydrogen-bond acceptors (Lipinski definition) is 4. The molecule has 1 aromatic heterocycles.